The number of hydrogen-bond donors (Lipinski definition) is 5. The first-order valence-electron chi connectivity index (χ1n) is 17.6. The maximum absolute atomic E-state index is 14.0. The van der Waals surface area contributed by atoms with Gasteiger partial charge in [0.15, 0.2) is 6.10 Å². The molecule has 1 saturated heterocycles. The zero-order valence-electron chi connectivity index (χ0n) is 28.6. The number of hydrogen-bond acceptors (Lipinski definition) is 7. The standard InChI is InChI=1S/C37H48Cl2N4O6S/c1-37(2)21-25(33(45)42-37)20-29(32(44)35(47)40-28-14-15-28)41-34(46)31(18-22-8-4-3-5-9-22)50-43-36(48)49-30(24-11-7-13-27(39)19-24)17-23-10-6-12-26(38)16-23/h6-7,10-13,16,19,22,25,28-32,44H,3-5,8-9,14-15,17-18,20-21H2,1-2H3,(H,40,47)(H,41,46)(H,42,45)(H,43,48)/t25?,29?,30?,31-,32?/m0/s1. The molecule has 4 unspecified atom stereocenters. The van der Waals surface area contributed by atoms with E-state index < -0.39 is 52.9 Å². The Labute approximate surface area is 308 Å². The lowest BCUT2D eigenvalue weighted by atomic mass is 9.85. The van der Waals surface area contributed by atoms with Crippen LogP contribution in [-0.4, -0.2) is 57.9 Å². The Morgan fingerprint density at radius 3 is 2.32 bits per heavy atom. The predicted molar refractivity (Wildman–Crippen MR) is 196 cm³/mol. The number of carbonyl (C=O) groups excluding carboxylic acids is 4. The SMILES string of the molecule is CC1(C)CC(CC(NC(=O)[C@H](CC2CCCCC2)SNC(=O)OC(Cc2cccc(Cl)c2)c2cccc(Cl)c2)C(O)C(=O)NC2CC2)C(=O)N1. The van der Waals surface area contributed by atoms with Crippen molar-refractivity contribution < 1.29 is 29.0 Å². The number of ether oxygens (including phenoxy) is 1. The average Bonchev–Trinajstić information content (AvgIpc) is 3.84. The minimum Gasteiger partial charge on any atom is -0.440 e. The summed E-state index contributed by atoms with van der Waals surface area (Å²) in [7, 11) is 0. The smallest absolute Gasteiger partial charge is 0.417 e. The Bertz CT molecular complexity index is 1520. The number of amides is 4. The molecular weight excluding hydrogens is 699 g/mol. The molecule has 0 radical (unpaired) electrons. The van der Waals surface area contributed by atoms with Gasteiger partial charge in [-0.15, -0.1) is 0 Å². The topological polar surface area (TPSA) is 146 Å². The van der Waals surface area contributed by atoms with Gasteiger partial charge < -0.3 is 25.8 Å². The lowest BCUT2D eigenvalue weighted by molar-refractivity contribution is -0.133. The summed E-state index contributed by atoms with van der Waals surface area (Å²) in [6.45, 7) is 3.84. The van der Waals surface area contributed by atoms with Crippen LogP contribution in [0.3, 0.4) is 0 Å². The van der Waals surface area contributed by atoms with Crippen molar-refractivity contribution in [1.82, 2.24) is 20.7 Å². The quantitative estimate of drug-likeness (QED) is 0.132. The van der Waals surface area contributed by atoms with Gasteiger partial charge in [0.25, 0.3) is 5.91 Å². The number of halogens is 2. The summed E-state index contributed by atoms with van der Waals surface area (Å²) in [5, 5.41) is 20.2. The minimum absolute atomic E-state index is 0.0154. The van der Waals surface area contributed by atoms with Gasteiger partial charge >= 0.3 is 6.09 Å². The van der Waals surface area contributed by atoms with Crippen LogP contribution in [0.4, 0.5) is 4.79 Å². The first-order chi connectivity index (χ1) is 23.8. The molecule has 272 valence electrons. The maximum atomic E-state index is 14.0. The van der Waals surface area contributed by atoms with Gasteiger partial charge in [0.1, 0.15) is 11.4 Å². The molecule has 50 heavy (non-hydrogen) atoms. The van der Waals surface area contributed by atoms with E-state index >= 15 is 0 Å². The first-order valence-corrected chi connectivity index (χ1v) is 19.2. The summed E-state index contributed by atoms with van der Waals surface area (Å²) in [5.74, 6) is -1.38. The highest BCUT2D eigenvalue weighted by atomic mass is 35.5. The van der Waals surface area contributed by atoms with E-state index in [1.165, 1.54) is 0 Å². The van der Waals surface area contributed by atoms with Crippen LogP contribution in [0.5, 0.6) is 0 Å². The van der Waals surface area contributed by atoms with Crippen LogP contribution in [-0.2, 0) is 25.5 Å². The second kappa shape index (κ2) is 17.5. The van der Waals surface area contributed by atoms with Crippen LogP contribution in [0, 0.1) is 11.8 Å². The predicted octanol–water partition coefficient (Wildman–Crippen LogP) is 6.42. The molecule has 13 heteroatoms. The highest BCUT2D eigenvalue weighted by Gasteiger charge is 2.42. The van der Waals surface area contributed by atoms with Crippen molar-refractivity contribution >= 4 is 59.0 Å². The molecule has 0 aromatic heterocycles. The third-order valence-corrected chi connectivity index (χ3v) is 11.1. The average molecular weight is 748 g/mol. The number of aliphatic hydroxyl groups is 1. The fourth-order valence-corrected chi connectivity index (χ4v) is 8.19. The molecule has 5 atom stereocenters. The second-order valence-corrected chi connectivity index (χ2v) is 16.5. The van der Waals surface area contributed by atoms with Gasteiger partial charge in [0.2, 0.25) is 11.8 Å². The molecule has 3 aliphatic rings. The van der Waals surface area contributed by atoms with Crippen molar-refractivity contribution in [2.75, 3.05) is 0 Å². The van der Waals surface area contributed by atoms with E-state index in [1.54, 1.807) is 24.3 Å². The Kier molecular flexibility index (Phi) is 13.4. The normalized spacial score (nSPS) is 21.3. The third-order valence-electron chi connectivity index (χ3n) is 9.66. The Balaban J connectivity index is 1.29. The Morgan fingerprint density at radius 2 is 1.68 bits per heavy atom. The molecular formula is C37H48Cl2N4O6S. The summed E-state index contributed by atoms with van der Waals surface area (Å²) in [4.78, 5) is 53.2. The van der Waals surface area contributed by atoms with Gasteiger partial charge in [-0.05, 0) is 99.2 Å². The lowest BCUT2D eigenvalue weighted by Crippen LogP contribution is -2.54. The van der Waals surface area contributed by atoms with Crippen LogP contribution in [0.1, 0.15) is 95.3 Å². The van der Waals surface area contributed by atoms with Crippen LogP contribution < -0.4 is 20.7 Å². The van der Waals surface area contributed by atoms with E-state index in [2.05, 4.69) is 20.7 Å². The lowest BCUT2D eigenvalue weighted by Gasteiger charge is -2.29. The number of benzene rings is 2. The number of carbonyl (C=O) groups is 4. The van der Waals surface area contributed by atoms with Crippen molar-refractivity contribution in [2.24, 2.45) is 11.8 Å². The van der Waals surface area contributed by atoms with Gasteiger partial charge in [-0.25, -0.2) is 4.79 Å². The largest absolute Gasteiger partial charge is 0.440 e. The first kappa shape index (κ1) is 38.2. The second-order valence-electron chi connectivity index (χ2n) is 14.6. The minimum atomic E-state index is -1.54. The number of nitrogens with one attached hydrogen (secondary N) is 4. The van der Waals surface area contributed by atoms with E-state index in [0.29, 0.717) is 34.9 Å². The third kappa shape index (κ3) is 11.5. The summed E-state index contributed by atoms with van der Waals surface area (Å²) in [6.07, 6.45) is 5.39. The summed E-state index contributed by atoms with van der Waals surface area (Å²) in [5.41, 5.74) is 1.14. The van der Waals surface area contributed by atoms with Crippen LogP contribution >= 0.6 is 35.1 Å². The van der Waals surface area contributed by atoms with E-state index in [4.69, 9.17) is 27.9 Å². The highest BCUT2D eigenvalue weighted by molar-refractivity contribution is 7.99. The summed E-state index contributed by atoms with van der Waals surface area (Å²) < 4.78 is 8.67. The van der Waals surface area contributed by atoms with Crippen molar-refractivity contribution in [3.05, 3.63) is 69.7 Å². The molecule has 5 rings (SSSR count). The van der Waals surface area contributed by atoms with Gasteiger partial charge in [-0.2, -0.15) is 0 Å². The monoisotopic (exact) mass is 746 g/mol. The summed E-state index contributed by atoms with van der Waals surface area (Å²) in [6, 6.07) is 13.4. The molecule has 0 spiro atoms. The van der Waals surface area contributed by atoms with Gasteiger partial charge in [0.05, 0.1) is 6.04 Å². The van der Waals surface area contributed by atoms with Crippen LogP contribution in [0.15, 0.2) is 48.5 Å². The number of aliphatic hydroxyl groups excluding tert-OH is 1. The molecule has 3 fully saturated rings. The highest BCUT2D eigenvalue weighted by Crippen LogP contribution is 2.33. The molecule has 5 N–H and O–H groups in total. The van der Waals surface area contributed by atoms with Gasteiger partial charge in [0, 0.05) is 34.0 Å². The molecule has 2 aromatic carbocycles. The molecule has 2 aliphatic carbocycles. The van der Waals surface area contributed by atoms with Crippen LogP contribution in [0.2, 0.25) is 10.0 Å². The van der Waals surface area contributed by atoms with Crippen LogP contribution in [0.25, 0.3) is 0 Å². The zero-order chi connectivity index (χ0) is 35.8. The van der Waals surface area contributed by atoms with Gasteiger partial charge in [-0.1, -0.05) is 79.6 Å². The van der Waals surface area contributed by atoms with Crippen molar-refractivity contribution in [3.8, 4) is 0 Å². The molecule has 1 heterocycles. The van der Waals surface area contributed by atoms with Gasteiger partial charge in [-0.3, -0.25) is 19.1 Å². The van der Waals surface area contributed by atoms with E-state index in [-0.39, 0.29) is 24.3 Å². The fraction of sp³-hybridized carbons (Fsp3) is 0.568. The maximum Gasteiger partial charge on any atom is 0.417 e. The summed E-state index contributed by atoms with van der Waals surface area (Å²) >= 11 is 13.5. The Morgan fingerprint density at radius 1 is 0.980 bits per heavy atom. The fourth-order valence-electron chi connectivity index (χ4n) is 6.95. The number of rotatable bonds is 15. The molecule has 0 bridgehead atoms. The Hall–Kier alpha value is -2.99. The molecule has 2 aromatic rings. The van der Waals surface area contributed by atoms with E-state index in [0.717, 1.165) is 62.5 Å². The molecule has 1 aliphatic heterocycles. The van der Waals surface area contributed by atoms with Crippen molar-refractivity contribution in [3.63, 3.8) is 0 Å². The molecule has 4 amide bonds. The van der Waals surface area contributed by atoms with Crippen molar-refractivity contribution in [1.29, 1.82) is 0 Å². The zero-order valence-corrected chi connectivity index (χ0v) is 30.9. The van der Waals surface area contributed by atoms with E-state index in [1.807, 2.05) is 38.1 Å². The van der Waals surface area contributed by atoms with Crippen molar-refractivity contribution in [2.45, 2.75) is 120 Å². The molecule has 10 nitrogen and oxygen atoms in total. The molecule has 2 saturated carbocycles. The van der Waals surface area contributed by atoms with E-state index in [9.17, 15) is 24.3 Å².